The third-order valence-corrected chi connectivity index (χ3v) is 2.14. The number of hydrogen-bond acceptors (Lipinski definition) is 3. The average Bonchev–Trinajstić information content (AvgIpc) is 2.18. The molecular weight excluding hydrogens is 258 g/mol. The molecule has 0 bridgehead atoms. The Labute approximate surface area is 97.3 Å². The highest BCUT2D eigenvalue weighted by molar-refractivity contribution is 9.10. The Kier molecular flexibility index (Phi) is 4.49. The maximum Gasteiger partial charge on any atom is 0.333 e. The number of nitrogens with zero attached hydrogens (tertiary/aromatic N) is 1. The third kappa shape index (κ3) is 3.83. The smallest absolute Gasteiger partial charge is 0.333 e. The fourth-order valence-electron chi connectivity index (χ4n) is 1.06. The number of halogens is 1. The first-order chi connectivity index (χ1) is 7.13. The summed E-state index contributed by atoms with van der Waals surface area (Å²) in [6, 6.07) is 1.88. The molecule has 0 fully saturated rings. The lowest BCUT2D eigenvalue weighted by atomic mass is 10.2. The van der Waals surface area contributed by atoms with E-state index < -0.39 is 0 Å². The van der Waals surface area contributed by atoms with Crippen molar-refractivity contribution in [2.45, 2.75) is 13.8 Å². The van der Waals surface area contributed by atoms with E-state index in [0.717, 1.165) is 10.0 Å². The van der Waals surface area contributed by atoms with Crippen molar-refractivity contribution >= 4 is 28.0 Å². The van der Waals surface area contributed by atoms with E-state index in [0.29, 0.717) is 12.2 Å². The molecule has 0 amide bonds. The van der Waals surface area contributed by atoms with E-state index in [-0.39, 0.29) is 5.97 Å². The molecule has 0 saturated heterocycles. The molecule has 1 rings (SSSR count). The van der Waals surface area contributed by atoms with Gasteiger partial charge >= 0.3 is 5.97 Å². The Morgan fingerprint density at radius 2 is 2.33 bits per heavy atom. The van der Waals surface area contributed by atoms with Crippen LogP contribution >= 0.6 is 15.9 Å². The minimum absolute atomic E-state index is 0.294. The molecule has 1 aromatic heterocycles. The van der Waals surface area contributed by atoms with E-state index in [1.165, 1.54) is 0 Å². The Bertz CT molecular complexity index is 388. The number of rotatable bonds is 3. The van der Waals surface area contributed by atoms with Gasteiger partial charge in [-0.05, 0) is 47.5 Å². The van der Waals surface area contributed by atoms with Gasteiger partial charge in [-0.1, -0.05) is 0 Å². The summed E-state index contributed by atoms with van der Waals surface area (Å²) in [5, 5.41) is 0. The van der Waals surface area contributed by atoms with Crippen LogP contribution in [-0.2, 0) is 9.53 Å². The van der Waals surface area contributed by atoms with Crippen molar-refractivity contribution in [3.8, 4) is 0 Å². The molecule has 3 nitrogen and oxygen atoms in total. The first-order valence-electron chi connectivity index (χ1n) is 4.59. The van der Waals surface area contributed by atoms with Crippen molar-refractivity contribution in [3.05, 3.63) is 34.1 Å². The van der Waals surface area contributed by atoms with Crippen LogP contribution in [0.4, 0.5) is 0 Å². The molecule has 1 heterocycles. The molecule has 0 atom stereocenters. The van der Waals surface area contributed by atoms with Crippen molar-refractivity contribution in [3.63, 3.8) is 0 Å². The van der Waals surface area contributed by atoms with Gasteiger partial charge in [0.25, 0.3) is 0 Å². The molecule has 0 aliphatic rings. The SMILES string of the molecule is CCOC(=O)/C(C)=C/c1cncc(Br)c1. The third-order valence-electron chi connectivity index (χ3n) is 1.71. The zero-order valence-electron chi connectivity index (χ0n) is 8.66. The lowest BCUT2D eigenvalue weighted by molar-refractivity contribution is -0.138. The van der Waals surface area contributed by atoms with Crippen LogP contribution in [-0.4, -0.2) is 17.6 Å². The summed E-state index contributed by atoms with van der Waals surface area (Å²) in [4.78, 5) is 15.3. The molecule has 0 saturated carbocycles. The van der Waals surface area contributed by atoms with Crippen LogP contribution in [0.2, 0.25) is 0 Å². The fourth-order valence-corrected chi connectivity index (χ4v) is 1.44. The van der Waals surface area contributed by atoms with E-state index in [2.05, 4.69) is 20.9 Å². The highest BCUT2D eigenvalue weighted by Gasteiger charge is 2.04. The molecule has 4 heteroatoms. The molecule has 0 aliphatic carbocycles. The van der Waals surface area contributed by atoms with Gasteiger partial charge in [-0.25, -0.2) is 4.79 Å². The number of esters is 1. The zero-order chi connectivity index (χ0) is 11.3. The molecule has 15 heavy (non-hydrogen) atoms. The summed E-state index contributed by atoms with van der Waals surface area (Å²) in [5.41, 5.74) is 1.44. The van der Waals surface area contributed by atoms with Crippen molar-refractivity contribution in [2.75, 3.05) is 6.61 Å². The van der Waals surface area contributed by atoms with Crippen molar-refractivity contribution in [1.82, 2.24) is 4.98 Å². The second-order valence-corrected chi connectivity index (χ2v) is 3.90. The van der Waals surface area contributed by atoms with Gasteiger partial charge in [-0.15, -0.1) is 0 Å². The highest BCUT2D eigenvalue weighted by Crippen LogP contribution is 2.13. The second kappa shape index (κ2) is 5.66. The number of aromatic nitrogens is 1. The topological polar surface area (TPSA) is 39.2 Å². The summed E-state index contributed by atoms with van der Waals surface area (Å²) in [6.45, 7) is 3.89. The molecule has 80 valence electrons. The van der Waals surface area contributed by atoms with Crippen molar-refractivity contribution in [1.29, 1.82) is 0 Å². The molecule has 0 N–H and O–H groups in total. The first kappa shape index (κ1) is 11.9. The van der Waals surface area contributed by atoms with Gasteiger partial charge in [0.2, 0.25) is 0 Å². The zero-order valence-corrected chi connectivity index (χ0v) is 10.2. The summed E-state index contributed by atoms with van der Waals surface area (Å²) >= 11 is 3.31. The summed E-state index contributed by atoms with van der Waals surface area (Å²) in [6.07, 6.45) is 5.13. The minimum atomic E-state index is -0.294. The molecule has 0 aliphatic heterocycles. The molecule has 0 radical (unpaired) electrons. The van der Waals surface area contributed by atoms with Crippen LogP contribution in [0.1, 0.15) is 19.4 Å². The van der Waals surface area contributed by atoms with E-state index in [1.807, 2.05) is 6.07 Å². The number of carbonyl (C=O) groups excluding carboxylic acids is 1. The number of hydrogen-bond donors (Lipinski definition) is 0. The van der Waals surface area contributed by atoms with Gasteiger partial charge in [0, 0.05) is 22.4 Å². The van der Waals surface area contributed by atoms with Crippen LogP contribution in [0, 0.1) is 0 Å². The number of carbonyl (C=O) groups is 1. The monoisotopic (exact) mass is 269 g/mol. The van der Waals surface area contributed by atoms with E-state index >= 15 is 0 Å². The quantitative estimate of drug-likeness (QED) is 0.626. The Balaban J connectivity index is 2.82. The molecule has 1 aromatic rings. The first-order valence-corrected chi connectivity index (χ1v) is 5.38. The highest BCUT2D eigenvalue weighted by atomic mass is 79.9. The second-order valence-electron chi connectivity index (χ2n) is 2.98. The van der Waals surface area contributed by atoms with Gasteiger partial charge in [0.05, 0.1) is 6.61 Å². The Morgan fingerprint density at radius 1 is 1.60 bits per heavy atom. The maximum absolute atomic E-state index is 11.3. The molecule has 0 spiro atoms. The van der Waals surface area contributed by atoms with Crippen LogP contribution in [0.25, 0.3) is 6.08 Å². The largest absolute Gasteiger partial charge is 0.463 e. The Morgan fingerprint density at radius 3 is 2.93 bits per heavy atom. The van der Waals surface area contributed by atoms with Crippen LogP contribution in [0.15, 0.2) is 28.5 Å². The van der Waals surface area contributed by atoms with Crippen LogP contribution < -0.4 is 0 Å². The lowest BCUT2D eigenvalue weighted by Gasteiger charge is -2.01. The van der Waals surface area contributed by atoms with Gasteiger partial charge in [-0.3, -0.25) is 4.98 Å². The normalized spacial score (nSPS) is 11.3. The minimum Gasteiger partial charge on any atom is -0.463 e. The number of pyridine rings is 1. The Hall–Kier alpha value is -1.16. The molecule has 0 aromatic carbocycles. The summed E-state index contributed by atoms with van der Waals surface area (Å²) < 4.78 is 5.75. The van der Waals surface area contributed by atoms with E-state index in [9.17, 15) is 4.79 Å². The number of ether oxygens (including phenoxy) is 1. The van der Waals surface area contributed by atoms with Gasteiger partial charge in [0.1, 0.15) is 0 Å². The predicted octanol–water partition coefficient (Wildman–Crippen LogP) is 2.81. The maximum atomic E-state index is 11.3. The van der Waals surface area contributed by atoms with Crippen molar-refractivity contribution < 1.29 is 9.53 Å². The molecule has 0 unspecified atom stereocenters. The lowest BCUT2D eigenvalue weighted by Crippen LogP contribution is -2.04. The standard InChI is InChI=1S/C11H12BrNO2/c1-3-15-11(14)8(2)4-9-5-10(12)7-13-6-9/h4-7H,3H2,1-2H3/b8-4+. The van der Waals surface area contributed by atoms with Gasteiger partial charge in [0.15, 0.2) is 0 Å². The van der Waals surface area contributed by atoms with Crippen LogP contribution in [0.5, 0.6) is 0 Å². The van der Waals surface area contributed by atoms with Crippen LogP contribution in [0.3, 0.4) is 0 Å². The predicted molar refractivity (Wildman–Crippen MR) is 62.2 cm³/mol. The summed E-state index contributed by atoms with van der Waals surface area (Å²) in [5.74, 6) is -0.294. The fraction of sp³-hybridized carbons (Fsp3) is 0.273. The van der Waals surface area contributed by atoms with E-state index in [4.69, 9.17) is 4.74 Å². The average molecular weight is 270 g/mol. The summed E-state index contributed by atoms with van der Waals surface area (Å²) in [7, 11) is 0. The van der Waals surface area contributed by atoms with Crippen molar-refractivity contribution in [2.24, 2.45) is 0 Å². The van der Waals surface area contributed by atoms with Gasteiger partial charge in [-0.2, -0.15) is 0 Å². The van der Waals surface area contributed by atoms with E-state index in [1.54, 1.807) is 32.3 Å². The van der Waals surface area contributed by atoms with Gasteiger partial charge < -0.3 is 4.74 Å². The molecular formula is C11H12BrNO2.